The molecular formula is C21H23F2IN4O2. The van der Waals surface area contributed by atoms with Gasteiger partial charge in [0.1, 0.15) is 24.4 Å². The minimum Gasteiger partial charge on any atom is -0.489 e. The van der Waals surface area contributed by atoms with Crippen LogP contribution in [0.15, 0.2) is 64.2 Å². The van der Waals surface area contributed by atoms with Gasteiger partial charge in [0.25, 0.3) is 0 Å². The van der Waals surface area contributed by atoms with Crippen molar-refractivity contribution in [2.24, 2.45) is 4.99 Å². The Bertz CT molecular complexity index is 951. The molecule has 0 fully saturated rings. The normalized spacial score (nSPS) is 11.0. The van der Waals surface area contributed by atoms with Crippen LogP contribution in [-0.4, -0.2) is 30.6 Å². The van der Waals surface area contributed by atoms with Crippen molar-refractivity contribution in [3.05, 3.63) is 72.1 Å². The number of hydrogen-bond acceptors (Lipinski definition) is 4. The molecular weight excluding hydrogens is 505 g/mol. The summed E-state index contributed by atoms with van der Waals surface area (Å²) in [6.07, 6.45) is 1.58. The molecule has 6 nitrogen and oxygen atoms in total. The molecule has 30 heavy (non-hydrogen) atoms. The monoisotopic (exact) mass is 528 g/mol. The molecule has 0 aliphatic rings. The van der Waals surface area contributed by atoms with E-state index in [2.05, 4.69) is 20.6 Å². The van der Waals surface area contributed by atoms with E-state index in [9.17, 15) is 8.78 Å². The predicted octanol–water partition coefficient (Wildman–Crippen LogP) is 4.37. The molecule has 0 amide bonds. The molecule has 0 radical (unpaired) electrons. The lowest BCUT2D eigenvalue weighted by Crippen LogP contribution is -2.39. The van der Waals surface area contributed by atoms with E-state index in [1.807, 2.05) is 37.3 Å². The molecule has 0 unspecified atom stereocenters. The summed E-state index contributed by atoms with van der Waals surface area (Å²) in [6, 6.07) is 12.8. The molecule has 0 saturated carbocycles. The first-order valence-corrected chi connectivity index (χ1v) is 9.25. The number of nitrogens with one attached hydrogen (secondary N) is 2. The number of hydrogen-bond donors (Lipinski definition) is 2. The van der Waals surface area contributed by atoms with Gasteiger partial charge >= 0.3 is 0 Å². The van der Waals surface area contributed by atoms with Crippen LogP contribution in [0.4, 0.5) is 8.78 Å². The van der Waals surface area contributed by atoms with E-state index in [1.165, 1.54) is 6.07 Å². The Morgan fingerprint density at radius 2 is 1.93 bits per heavy atom. The summed E-state index contributed by atoms with van der Waals surface area (Å²) >= 11 is 0. The van der Waals surface area contributed by atoms with Gasteiger partial charge in [-0.05, 0) is 31.2 Å². The molecule has 0 aliphatic carbocycles. The van der Waals surface area contributed by atoms with Gasteiger partial charge in [-0.1, -0.05) is 18.2 Å². The quantitative estimate of drug-likeness (QED) is 0.197. The fourth-order valence-electron chi connectivity index (χ4n) is 2.52. The van der Waals surface area contributed by atoms with Gasteiger partial charge in [0, 0.05) is 18.2 Å². The lowest BCUT2D eigenvalue weighted by Gasteiger charge is -2.12. The van der Waals surface area contributed by atoms with Crippen LogP contribution >= 0.6 is 24.0 Å². The van der Waals surface area contributed by atoms with Crippen LogP contribution in [0.3, 0.4) is 0 Å². The number of oxazole rings is 1. The Morgan fingerprint density at radius 1 is 1.13 bits per heavy atom. The van der Waals surface area contributed by atoms with Gasteiger partial charge in [0.2, 0.25) is 5.89 Å². The number of aromatic nitrogens is 1. The Kier molecular flexibility index (Phi) is 9.52. The molecule has 1 heterocycles. The molecule has 2 N–H and O–H groups in total. The molecule has 0 spiro atoms. The highest BCUT2D eigenvalue weighted by molar-refractivity contribution is 14.0. The zero-order chi connectivity index (χ0) is 20.5. The van der Waals surface area contributed by atoms with Crippen LogP contribution < -0.4 is 15.4 Å². The highest BCUT2D eigenvalue weighted by Crippen LogP contribution is 2.18. The molecule has 0 atom stereocenters. The number of rotatable bonds is 8. The average Bonchev–Trinajstić information content (AvgIpc) is 3.20. The van der Waals surface area contributed by atoms with E-state index in [4.69, 9.17) is 9.15 Å². The number of ether oxygens (including phenoxy) is 1. The first-order valence-electron chi connectivity index (χ1n) is 9.25. The summed E-state index contributed by atoms with van der Waals surface area (Å²) in [5.41, 5.74) is 1.60. The van der Waals surface area contributed by atoms with E-state index in [0.717, 1.165) is 17.7 Å². The van der Waals surface area contributed by atoms with E-state index in [-0.39, 0.29) is 36.3 Å². The van der Waals surface area contributed by atoms with Crippen molar-refractivity contribution in [1.82, 2.24) is 15.6 Å². The van der Waals surface area contributed by atoms with Crippen molar-refractivity contribution in [2.75, 3.05) is 19.7 Å². The molecule has 3 rings (SSSR count). The SMILES string of the molecule is CCNC(=NCc1coc(-c2ccccc2)n1)NCCOc1ccc(F)cc1F.I. The Labute approximate surface area is 190 Å². The number of aliphatic imine (C=N–C) groups is 1. The first kappa shape index (κ1) is 23.6. The summed E-state index contributed by atoms with van der Waals surface area (Å²) in [5.74, 6) is -0.252. The van der Waals surface area contributed by atoms with Crippen molar-refractivity contribution < 1.29 is 17.9 Å². The summed E-state index contributed by atoms with van der Waals surface area (Å²) in [7, 11) is 0. The molecule has 0 saturated heterocycles. The van der Waals surface area contributed by atoms with Crippen molar-refractivity contribution in [1.29, 1.82) is 0 Å². The second kappa shape index (κ2) is 12.1. The Hall–Kier alpha value is -2.69. The number of guanidine groups is 1. The second-order valence-electron chi connectivity index (χ2n) is 6.06. The topological polar surface area (TPSA) is 71.7 Å². The number of nitrogens with zero attached hydrogens (tertiary/aromatic N) is 2. The van der Waals surface area contributed by atoms with Gasteiger partial charge in [0.05, 0.1) is 13.1 Å². The third-order valence-electron chi connectivity index (χ3n) is 3.86. The van der Waals surface area contributed by atoms with E-state index >= 15 is 0 Å². The van der Waals surface area contributed by atoms with E-state index < -0.39 is 11.6 Å². The van der Waals surface area contributed by atoms with Gasteiger partial charge in [-0.3, -0.25) is 0 Å². The number of halogens is 3. The van der Waals surface area contributed by atoms with Crippen LogP contribution in [-0.2, 0) is 6.54 Å². The molecule has 0 bridgehead atoms. The van der Waals surface area contributed by atoms with Gasteiger partial charge in [-0.2, -0.15) is 0 Å². The standard InChI is InChI=1S/C21H22F2N4O2.HI/c1-2-24-21(25-10-11-28-19-9-8-16(22)12-18(19)23)26-13-17-14-29-20(27-17)15-6-4-3-5-7-15;/h3-9,12,14H,2,10-11,13H2,1H3,(H2,24,25,26);1H. The highest BCUT2D eigenvalue weighted by Gasteiger charge is 2.07. The largest absolute Gasteiger partial charge is 0.489 e. The molecule has 1 aromatic heterocycles. The van der Waals surface area contributed by atoms with Crippen LogP contribution in [0.5, 0.6) is 5.75 Å². The van der Waals surface area contributed by atoms with Gasteiger partial charge in [-0.15, -0.1) is 24.0 Å². The maximum absolute atomic E-state index is 13.6. The fourth-order valence-corrected chi connectivity index (χ4v) is 2.52. The fraction of sp³-hybridized carbons (Fsp3) is 0.238. The average molecular weight is 528 g/mol. The second-order valence-corrected chi connectivity index (χ2v) is 6.06. The maximum atomic E-state index is 13.6. The summed E-state index contributed by atoms with van der Waals surface area (Å²) < 4.78 is 37.3. The molecule has 0 aliphatic heterocycles. The number of benzene rings is 2. The van der Waals surface area contributed by atoms with Crippen molar-refractivity contribution in [3.63, 3.8) is 0 Å². The lowest BCUT2D eigenvalue weighted by atomic mass is 10.2. The summed E-state index contributed by atoms with van der Waals surface area (Å²) in [5, 5.41) is 6.20. The van der Waals surface area contributed by atoms with Crippen molar-refractivity contribution in [2.45, 2.75) is 13.5 Å². The van der Waals surface area contributed by atoms with Gasteiger partial charge in [0.15, 0.2) is 17.5 Å². The van der Waals surface area contributed by atoms with Crippen LogP contribution in [0.2, 0.25) is 0 Å². The summed E-state index contributed by atoms with van der Waals surface area (Å²) in [4.78, 5) is 8.90. The molecule has 3 aromatic rings. The minimum absolute atomic E-state index is 0. The maximum Gasteiger partial charge on any atom is 0.226 e. The van der Waals surface area contributed by atoms with Crippen LogP contribution in [0.1, 0.15) is 12.6 Å². The smallest absolute Gasteiger partial charge is 0.226 e. The van der Waals surface area contributed by atoms with Gasteiger partial charge < -0.3 is 19.8 Å². The predicted molar refractivity (Wildman–Crippen MR) is 122 cm³/mol. The van der Waals surface area contributed by atoms with Crippen LogP contribution in [0.25, 0.3) is 11.5 Å². The minimum atomic E-state index is -0.731. The third kappa shape index (κ3) is 6.97. The zero-order valence-electron chi connectivity index (χ0n) is 16.4. The zero-order valence-corrected chi connectivity index (χ0v) is 18.7. The summed E-state index contributed by atoms with van der Waals surface area (Å²) in [6.45, 7) is 3.53. The van der Waals surface area contributed by atoms with E-state index in [1.54, 1.807) is 6.26 Å². The molecule has 160 valence electrons. The van der Waals surface area contributed by atoms with Gasteiger partial charge in [-0.25, -0.2) is 18.8 Å². The third-order valence-corrected chi connectivity index (χ3v) is 3.86. The Morgan fingerprint density at radius 3 is 2.67 bits per heavy atom. The lowest BCUT2D eigenvalue weighted by molar-refractivity contribution is 0.304. The molecule has 9 heteroatoms. The molecule has 2 aromatic carbocycles. The highest BCUT2D eigenvalue weighted by atomic mass is 127. The first-order chi connectivity index (χ1) is 14.2. The Balaban J connectivity index is 0.00000320. The van der Waals surface area contributed by atoms with Crippen molar-refractivity contribution in [3.8, 4) is 17.2 Å². The van der Waals surface area contributed by atoms with Crippen LogP contribution in [0, 0.1) is 11.6 Å². The van der Waals surface area contributed by atoms with E-state index in [0.29, 0.717) is 37.2 Å². The van der Waals surface area contributed by atoms with Crippen molar-refractivity contribution >= 4 is 29.9 Å².